The Morgan fingerprint density at radius 1 is 0.521 bits per heavy atom. The summed E-state index contributed by atoms with van der Waals surface area (Å²) in [5, 5.41) is 1.32. The molecule has 3 aromatic heterocycles. The average Bonchev–Trinajstić information content (AvgIpc) is 3.62. The van der Waals surface area contributed by atoms with E-state index in [1.807, 2.05) is 0 Å². The Bertz CT molecular complexity index is 1750. The highest BCUT2D eigenvalue weighted by Crippen LogP contribution is 2.52. The van der Waals surface area contributed by atoms with Gasteiger partial charge in [0.05, 0.1) is 28.3 Å². The fourth-order valence-electron chi connectivity index (χ4n) is 12.2. The minimum absolute atomic E-state index is 0.516. The summed E-state index contributed by atoms with van der Waals surface area (Å²) in [6.07, 6.45) is 15.9. The van der Waals surface area contributed by atoms with Gasteiger partial charge in [0.1, 0.15) is 5.65 Å². The maximum Gasteiger partial charge on any atom is 0.221 e. The van der Waals surface area contributed by atoms with E-state index in [9.17, 15) is 0 Å². The SMILES string of the molecule is CC1CCC(C)C(c2nc3c4ccccc4n4c(C5C(C)CCCC5C)c(C5C(C)CCCC5C)nc4n3c2C2C(C)CCCC2C)C1. The standard InChI is InChI=1S/C44H64N4/c1-25-22-23-26(2)34(24-25)39-41(37-29(5)16-12-17-30(37)6)48-43(45-39)33-20-9-10-21-35(33)47-42(38-31(7)18-13-19-32(38)8)40(46-44(47)48)36-27(3)14-11-15-28(36)4/h9-10,20-21,25-32,34,36-38H,11-19,22-24H2,1-8H3. The molecule has 0 aliphatic heterocycles. The molecule has 0 bridgehead atoms. The summed E-state index contributed by atoms with van der Waals surface area (Å²) in [5.41, 5.74) is 8.50. The van der Waals surface area contributed by atoms with Gasteiger partial charge in [-0.25, -0.2) is 9.97 Å². The second kappa shape index (κ2) is 12.8. The summed E-state index contributed by atoms with van der Waals surface area (Å²) in [7, 11) is 0. The van der Waals surface area contributed by atoms with Crippen molar-refractivity contribution in [1.29, 1.82) is 0 Å². The molecule has 260 valence electrons. The topological polar surface area (TPSA) is 34.6 Å². The smallest absolute Gasteiger partial charge is 0.221 e. The normalized spacial score (nSPS) is 38.2. The molecule has 4 heteroatoms. The lowest BCUT2D eigenvalue weighted by atomic mass is 9.67. The Kier molecular flexibility index (Phi) is 8.72. The molecule has 1 aromatic carbocycles. The summed E-state index contributed by atoms with van der Waals surface area (Å²) in [5.74, 6) is 8.65. The monoisotopic (exact) mass is 649 g/mol. The molecule has 9 atom stereocenters. The van der Waals surface area contributed by atoms with Crippen molar-refractivity contribution in [2.45, 2.75) is 156 Å². The maximum absolute atomic E-state index is 6.04. The lowest BCUT2D eigenvalue weighted by Crippen LogP contribution is -2.29. The van der Waals surface area contributed by atoms with Gasteiger partial charge in [-0.2, -0.15) is 0 Å². The van der Waals surface area contributed by atoms with Crippen molar-refractivity contribution in [2.75, 3.05) is 0 Å². The zero-order valence-corrected chi connectivity index (χ0v) is 31.5. The summed E-state index contributed by atoms with van der Waals surface area (Å²) in [6, 6.07) is 9.30. The predicted octanol–water partition coefficient (Wildman–Crippen LogP) is 12.3. The van der Waals surface area contributed by atoms with Gasteiger partial charge in [-0.1, -0.05) is 132 Å². The first kappa shape index (κ1) is 32.8. The maximum atomic E-state index is 6.04. The van der Waals surface area contributed by atoms with Crippen LogP contribution in [-0.2, 0) is 0 Å². The zero-order chi connectivity index (χ0) is 33.4. The van der Waals surface area contributed by atoms with Crippen LogP contribution in [0, 0.1) is 47.3 Å². The van der Waals surface area contributed by atoms with Gasteiger partial charge in [0.25, 0.3) is 0 Å². The van der Waals surface area contributed by atoms with Crippen molar-refractivity contribution < 1.29 is 0 Å². The van der Waals surface area contributed by atoms with Crippen LogP contribution in [0.3, 0.4) is 0 Å². The van der Waals surface area contributed by atoms with Crippen LogP contribution >= 0.6 is 0 Å². The first-order chi connectivity index (χ1) is 23.2. The lowest BCUT2D eigenvalue weighted by Gasteiger charge is -2.39. The molecule has 4 fully saturated rings. The number of hydrogen-bond acceptors (Lipinski definition) is 2. The van der Waals surface area contributed by atoms with Crippen molar-refractivity contribution >= 4 is 22.3 Å². The van der Waals surface area contributed by atoms with E-state index in [0.29, 0.717) is 65.1 Å². The van der Waals surface area contributed by atoms with Crippen LogP contribution in [0.2, 0.25) is 0 Å². The van der Waals surface area contributed by atoms with Gasteiger partial charge in [-0.3, -0.25) is 8.80 Å². The van der Waals surface area contributed by atoms with Crippen LogP contribution < -0.4 is 0 Å². The quantitative estimate of drug-likeness (QED) is 0.221. The molecule has 9 unspecified atom stereocenters. The minimum Gasteiger partial charge on any atom is -0.281 e. The molecule has 8 rings (SSSR count). The lowest BCUT2D eigenvalue weighted by molar-refractivity contribution is 0.224. The van der Waals surface area contributed by atoms with Crippen LogP contribution in [0.15, 0.2) is 24.3 Å². The Morgan fingerprint density at radius 2 is 1.04 bits per heavy atom. The molecule has 0 spiro atoms. The zero-order valence-electron chi connectivity index (χ0n) is 31.5. The van der Waals surface area contributed by atoms with E-state index in [2.05, 4.69) is 88.5 Å². The number of rotatable bonds is 4. The van der Waals surface area contributed by atoms with E-state index in [1.165, 1.54) is 111 Å². The molecule has 3 heterocycles. The molecular formula is C44H64N4. The largest absolute Gasteiger partial charge is 0.281 e. The van der Waals surface area contributed by atoms with E-state index in [4.69, 9.17) is 9.97 Å². The van der Waals surface area contributed by atoms with Gasteiger partial charge >= 0.3 is 0 Å². The first-order valence-corrected chi connectivity index (χ1v) is 20.5. The summed E-state index contributed by atoms with van der Waals surface area (Å²) >= 11 is 0. The number of para-hydroxylation sites is 1. The van der Waals surface area contributed by atoms with E-state index in [0.717, 1.165) is 5.92 Å². The van der Waals surface area contributed by atoms with Gasteiger partial charge in [0.2, 0.25) is 5.78 Å². The van der Waals surface area contributed by atoms with Crippen LogP contribution in [0.4, 0.5) is 0 Å². The molecular weight excluding hydrogens is 585 g/mol. The highest BCUT2D eigenvalue weighted by molar-refractivity contribution is 5.94. The third kappa shape index (κ3) is 5.19. The van der Waals surface area contributed by atoms with Crippen LogP contribution in [-0.4, -0.2) is 18.8 Å². The number of aromatic nitrogens is 4. The summed E-state index contributed by atoms with van der Waals surface area (Å²) in [4.78, 5) is 11.9. The third-order valence-corrected chi connectivity index (χ3v) is 14.8. The molecule has 4 nitrogen and oxygen atoms in total. The number of nitrogens with zero attached hydrogens (tertiary/aromatic N) is 4. The first-order valence-electron chi connectivity index (χ1n) is 20.5. The highest BCUT2D eigenvalue weighted by Gasteiger charge is 2.43. The molecule has 4 aromatic rings. The van der Waals surface area contributed by atoms with Gasteiger partial charge in [-0.05, 0) is 72.3 Å². The summed E-state index contributed by atoms with van der Waals surface area (Å²) in [6.45, 7) is 20.3. The number of benzene rings is 1. The predicted molar refractivity (Wildman–Crippen MR) is 201 cm³/mol. The van der Waals surface area contributed by atoms with Crippen molar-refractivity contribution in [1.82, 2.24) is 18.8 Å². The van der Waals surface area contributed by atoms with Crippen molar-refractivity contribution in [3.63, 3.8) is 0 Å². The molecule has 0 N–H and O–H groups in total. The van der Waals surface area contributed by atoms with Crippen molar-refractivity contribution in [2.24, 2.45) is 47.3 Å². The second-order valence-corrected chi connectivity index (χ2v) is 18.3. The van der Waals surface area contributed by atoms with E-state index < -0.39 is 0 Å². The van der Waals surface area contributed by atoms with Crippen LogP contribution in [0.5, 0.6) is 0 Å². The fraction of sp³-hybridized carbons (Fsp3) is 0.727. The van der Waals surface area contributed by atoms with Crippen LogP contribution in [0.25, 0.3) is 22.3 Å². The molecule has 4 aliphatic rings. The Morgan fingerprint density at radius 3 is 1.62 bits per heavy atom. The molecule has 0 amide bonds. The van der Waals surface area contributed by atoms with Crippen molar-refractivity contribution in [3.8, 4) is 0 Å². The van der Waals surface area contributed by atoms with E-state index >= 15 is 0 Å². The van der Waals surface area contributed by atoms with E-state index in [1.54, 1.807) is 11.4 Å². The molecule has 0 radical (unpaired) electrons. The second-order valence-electron chi connectivity index (χ2n) is 18.3. The minimum atomic E-state index is 0.516. The number of fused-ring (bicyclic) bond motifs is 6. The van der Waals surface area contributed by atoms with Gasteiger partial charge in [-0.15, -0.1) is 0 Å². The Labute approximate surface area is 290 Å². The van der Waals surface area contributed by atoms with Crippen LogP contribution in [0.1, 0.15) is 179 Å². The molecule has 0 saturated heterocycles. The number of imidazole rings is 2. The van der Waals surface area contributed by atoms with Gasteiger partial charge in [0, 0.05) is 29.1 Å². The number of hydrogen-bond donors (Lipinski definition) is 0. The van der Waals surface area contributed by atoms with Gasteiger partial charge in [0.15, 0.2) is 0 Å². The third-order valence-electron chi connectivity index (χ3n) is 14.8. The van der Waals surface area contributed by atoms with Gasteiger partial charge < -0.3 is 0 Å². The molecule has 4 saturated carbocycles. The Hall–Kier alpha value is -2.36. The Balaban J connectivity index is 1.52. The molecule has 48 heavy (non-hydrogen) atoms. The highest BCUT2D eigenvalue weighted by atomic mass is 15.2. The average molecular weight is 649 g/mol. The fourth-order valence-corrected chi connectivity index (χ4v) is 12.2. The van der Waals surface area contributed by atoms with Crippen molar-refractivity contribution in [3.05, 3.63) is 47.0 Å². The molecule has 4 aliphatic carbocycles. The van der Waals surface area contributed by atoms with E-state index in [-0.39, 0.29) is 0 Å². The summed E-state index contributed by atoms with van der Waals surface area (Å²) < 4.78 is 5.42.